The molecule has 0 saturated heterocycles. The highest BCUT2D eigenvalue weighted by atomic mass is 32.1. The summed E-state index contributed by atoms with van der Waals surface area (Å²) < 4.78 is 2.64. The molecular formula is C78H55NS. The van der Waals surface area contributed by atoms with Crippen LogP contribution >= 0.6 is 11.3 Å². The summed E-state index contributed by atoms with van der Waals surface area (Å²) in [5, 5.41) is 5.15. The molecule has 12 aromatic carbocycles. The van der Waals surface area contributed by atoms with Gasteiger partial charge in [0.2, 0.25) is 0 Å². The van der Waals surface area contributed by atoms with Crippen LogP contribution in [0.5, 0.6) is 0 Å². The van der Waals surface area contributed by atoms with Crippen molar-refractivity contribution in [3.8, 4) is 66.8 Å². The van der Waals surface area contributed by atoms with Crippen LogP contribution in [0.1, 0.15) is 30.0 Å². The fourth-order valence-electron chi connectivity index (χ4n) is 12.8. The first-order valence-electron chi connectivity index (χ1n) is 27.9. The number of benzene rings is 12. The molecule has 2 aliphatic carbocycles. The van der Waals surface area contributed by atoms with E-state index in [9.17, 15) is 0 Å². The second-order valence-electron chi connectivity index (χ2n) is 21.7. The van der Waals surface area contributed by atoms with Crippen LogP contribution < -0.4 is 4.90 Å². The van der Waals surface area contributed by atoms with Crippen LogP contribution in [0.15, 0.2) is 303 Å². The molecule has 1 nitrogen and oxygen atoms in total. The fraction of sp³-hybridized carbons (Fsp3) is 0.0513. The lowest BCUT2D eigenvalue weighted by atomic mass is 9.65. The van der Waals surface area contributed by atoms with Crippen molar-refractivity contribution in [3.05, 3.63) is 320 Å². The van der Waals surface area contributed by atoms with Gasteiger partial charge in [0.25, 0.3) is 0 Å². The summed E-state index contributed by atoms with van der Waals surface area (Å²) in [5.74, 6) is 0.515. The van der Waals surface area contributed by atoms with E-state index in [0.29, 0.717) is 5.92 Å². The number of allylic oxidation sites excluding steroid dienone is 4. The van der Waals surface area contributed by atoms with E-state index in [1.54, 1.807) is 0 Å². The van der Waals surface area contributed by atoms with E-state index >= 15 is 0 Å². The van der Waals surface area contributed by atoms with Crippen molar-refractivity contribution in [1.29, 1.82) is 0 Å². The van der Waals surface area contributed by atoms with Crippen molar-refractivity contribution in [2.45, 2.75) is 18.8 Å². The molecule has 2 unspecified atom stereocenters. The molecule has 1 aromatic heterocycles. The lowest BCUT2D eigenvalue weighted by Crippen LogP contribution is -2.30. The first-order chi connectivity index (χ1) is 39.5. The van der Waals surface area contributed by atoms with Crippen LogP contribution in [0.25, 0.3) is 97.7 Å². The molecule has 0 amide bonds. The van der Waals surface area contributed by atoms with E-state index in [4.69, 9.17) is 0 Å². The van der Waals surface area contributed by atoms with Crippen LogP contribution in [-0.4, -0.2) is 0 Å². The van der Waals surface area contributed by atoms with Crippen molar-refractivity contribution < 1.29 is 0 Å². The first-order valence-corrected chi connectivity index (χ1v) is 28.7. The number of rotatable bonds is 10. The third-order valence-electron chi connectivity index (χ3n) is 16.9. The summed E-state index contributed by atoms with van der Waals surface area (Å²) in [6.45, 7) is 2.31. The minimum Gasteiger partial charge on any atom is -0.311 e. The minimum absolute atomic E-state index is 0.425. The summed E-state index contributed by atoms with van der Waals surface area (Å²) in [6.07, 6.45) is 8.32. The van der Waals surface area contributed by atoms with Gasteiger partial charge >= 0.3 is 0 Å². The molecule has 13 aromatic rings. The van der Waals surface area contributed by atoms with Crippen LogP contribution in [0.4, 0.5) is 17.1 Å². The quantitative estimate of drug-likeness (QED) is 0.132. The Morgan fingerprint density at radius 3 is 1.55 bits per heavy atom. The van der Waals surface area contributed by atoms with Crippen LogP contribution in [-0.2, 0) is 5.41 Å². The highest BCUT2D eigenvalue weighted by Gasteiger charge is 2.47. The predicted octanol–water partition coefficient (Wildman–Crippen LogP) is 21.8. The number of nitrogens with zero attached hydrogens (tertiary/aromatic N) is 1. The molecule has 0 bridgehead atoms. The number of thiophene rings is 1. The Balaban J connectivity index is 0.772. The number of fused-ring (bicyclic) bond motifs is 7. The zero-order valence-corrected chi connectivity index (χ0v) is 45.2. The molecule has 0 aliphatic heterocycles. The maximum atomic E-state index is 2.49. The van der Waals surface area contributed by atoms with E-state index in [2.05, 4.69) is 309 Å². The molecule has 378 valence electrons. The molecule has 0 saturated carbocycles. The molecule has 2 heteroatoms. The van der Waals surface area contributed by atoms with Gasteiger partial charge in [0, 0.05) is 37.2 Å². The standard InChI is InChI=1S/C78H55NS/c1-52-22-38-66(39-23-52)78(65-16-3-2-4-17-65)74-20-9-7-18-70(74)71-46-36-63(50-75(71)78)57-32-42-68(43-33-57)79(69-44-34-58(35-45-69)64-37-47-73-72-19-8-10-21-76(72)80-77(73)51-64)67-40-30-55(31-41-67)54-24-26-56(27-25-54)60-14-11-15-61(48-60)62-29-28-53-12-5-6-13-59(53)49-62/h2-22,24-52H,23H2,1H3. The molecule has 2 atom stereocenters. The van der Waals surface area contributed by atoms with Gasteiger partial charge in [-0.05, 0) is 179 Å². The van der Waals surface area contributed by atoms with E-state index in [-0.39, 0.29) is 0 Å². The normalized spacial score (nSPS) is 15.5. The van der Waals surface area contributed by atoms with Gasteiger partial charge in [-0.2, -0.15) is 0 Å². The highest BCUT2D eigenvalue weighted by Crippen LogP contribution is 2.58. The maximum Gasteiger partial charge on any atom is 0.0710 e. The van der Waals surface area contributed by atoms with E-state index in [1.165, 1.54) is 120 Å². The van der Waals surface area contributed by atoms with Gasteiger partial charge in [-0.1, -0.05) is 237 Å². The van der Waals surface area contributed by atoms with Crippen molar-refractivity contribution in [3.63, 3.8) is 0 Å². The molecule has 2 aliphatic rings. The van der Waals surface area contributed by atoms with Gasteiger partial charge < -0.3 is 4.90 Å². The van der Waals surface area contributed by atoms with Crippen molar-refractivity contribution in [2.75, 3.05) is 4.90 Å². The second kappa shape index (κ2) is 19.7. The summed E-state index contributed by atoms with van der Waals surface area (Å²) in [6, 6.07) is 104. The minimum atomic E-state index is -0.425. The van der Waals surface area contributed by atoms with Gasteiger partial charge in [0.05, 0.1) is 5.41 Å². The topological polar surface area (TPSA) is 3.24 Å². The summed E-state index contributed by atoms with van der Waals surface area (Å²) >= 11 is 1.87. The van der Waals surface area contributed by atoms with Crippen LogP contribution in [0, 0.1) is 5.92 Å². The van der Waals surface area contributed by atoms with E-state index in [1.807, 2.05) is 11.3 Å². The smallest absolute Gasteiger partial charge is 0.0710 e. The Hall–Kier alpha value is -9.60. The Bertz CT molecular complexity index is 4540. The lowest BCUT2D eigenvalue weighted by molar-refractivity contribution is 0.691. The summed E-state index contributed by atoms with van der Waals surface area (Å²) in [7, 11) is 0. The molecule has 1 heterocycles. The monoisotopic (exact) mass is 1040 g/mol. The van der Waals surface area contributed by atoms with E-state index in [0.717, 1.165) is 23.5 Å². The average Bonchev–Trinajstić information content (AvgIpc) is 4.21. The largest absolute Gasteiger partial charge is 0.311 e. The third-order valence-corrected chi connectivity index (χ3v) is 18.1. The fourth-order valence-corrected chi connectivity index (χ4v) is 14.0. The molecule has 0 fully saturated rings. The average molecular weight is 1040 g/mol. The highest BCUT2D eigenvalue weighted by molar-refractivity contribution is 7.25. The Morgan fingerprint density at radius 1 is 0.362 bits per heavy atom. The zero-order chi connectivity index (χ0) is 53.2. The number of anilines is 3. The molecule has 0 spiro atoms. The van der Waals surface area contributed by atoms with Gasteiger partial charge in [0.15, 0.2) is 0 Å². The second-order valence-corrected chi connectivity index (χ2v) is 22.7. The summed E-state index contributed by atoms with van der Waals surface area (Å²) in [4.78, 5) is 2.39. The molecule has 0 N–H and O–H groups in total. The van der Waals surface area contributed by atoms with Crippen LogP contribution in [0.3, 0.4) is 0 Å². The Labute approximate surface area is 472 Å². The number of hydrogen-bond donors (Lipinski definition) is 0. The maximum absolute atomic E-state index is 2.49. The molecular weight excluding hydrogens is 983 g/mol. The Kier molecular flexibility index (Phi) is 11.7. The van der Waals surface area contributed by atoms with Crippen LogP contribution in [0.2, 0.25) is 0 Å². The van der Waals surface area contributed by atoms with E-state index < -0.39 is 5.41 Å². The van der Waals surface area contributed by atoms with Crippen molar-refractivity contribution >= 4 is 59.3 Å². The predicted molar refractivity (Wildman–Crippen MR) is 341 cm³/mol. The zero-order valence-electron chi connectivity index (χ0n) is 44.4. The molecule has 15 rings (SSSR count). The summed E-state index contributed by atoms with van der Waals surface area (Å²) in [5.41, 5.74) is 22.8. The van der Waals surface area contributed by atoms with Gasteiger partial charge in [-0.25, -0.2) is 0 Å². The first kappa shape index (κ1) is 47.6. The van der Waals surface area contributed by atoms with Crippen molar-refractivity contribution in [2.24, 2.45) is 5.92 Å². The number of hydrogen-bond acceptors (Lipinski definition) is 2. The third kappa shape index (κ3) is 8.22. The lowest BCUT2D eigenvalue weighted by Gasteiger charge is -2.36. The molecule has 0 radical (unpaired) electrons. The SMILES string of the molecule is CC1C=CC(C2(c3ccccc3)c3ccccc3-c3ccc(-c4ccc(N(c5ccc(-c6ccc(-c7cccc(-c8ccc9ccccc9c8)c7)cc6)cc5)c5ccc(-c6ccc7c(c6)sc6ccccc67)cc5)cc4)cc32)=CC1. The van der Waals surface area contributed by atoms with Gasteiger partial charge in [-0.15, -0.1) is 11.3 Å². The van der Waals surface area contributed by atoms with Gasteiger partial charge in [0.1, 0.15) is 0 Å². The van der Waals surface area contributed by atoms with Gasteiger partial charge in [-0.3, -0.25) is 0 Å². The Morgan fingerprint density at radius 2 is 0.863 bits per heavy atom. The van der Waals surface area contributed by atoms with Crippen molar-refractivity contribution in [1.82, 2.24) is 0 Å². The molecule has 80 heavy (non-hydrogen) atoms.